The second-order valence-corrected chi connectivity index (χ2v) is 5.66. The van der Waals surface area contributed by atoms with Crippen molar-refractivity contribution in [3.63, 3.8) is 0 Å². The van der Waals surface area contributed by atoms with Gasteiger partial charge in [-0.05, 0) is 35.6 Å². The number of hydrogen-bond donors (Lipinski definition) is 1. The molecule has 0 amide bonds. The van der Waals surface area contributed by atoms with Crippen molar-refractivity contribution in [2.45, 2.75) is 39.2 Å². The average Bonchev–Trinajstić information content (AvgIpc) is 2.50. The van der Waals surface area contributed by atoms with Crippen LogP contribution in [0.1, 0.15) is 38.3 Å². The lowest BCUT2D eigenvalue weighted by molar-refractivity contribution is 0.418. The maximum absolute atomic E-state index is 14.0. The molecule has 0 spiro atoms. The van der Waals surface area contributed by atoms with E-state index in [0.717, 1.165) is 6.42 Å². The number of halogens is 1. The number of ether oxygens (including phenoxy) is 1. The zero-order chi connectivity index (χ0) is 15.5. The number of aromatic nitrogens is 1. The third kappa shape index (κ3) is 3.39. The van der Waals surface area contributed by atoms with E-state index in [-0.39, 0.29) is 17.8 Å². The van der Waals surface area contributed by atoms with Crippen molar-refractivity contribution >= 4 is 0 Å². The first-order valence-electron chi connectivity index (χ1n) is 7.09. The van der Waals surface area contributed by atoms with E-state index in [0.29, 0.717) is 11.3 Å². The first-order chi connectivity index (χ1) is 9.97. The number of rotatable bonds is 5. The summed E-state index contributed by atoms with van der Waals surface area (Å²) in [6.45, 7) is 6.65. The van der Waals surface area contributed by atoms with Crippen LogP contribution >= 0.6 is 0 Å². The fourth-order valence-electron chi connectivity index (χ4n) is 1.98. The second-order valence-electron chi connectivity index (χ2n) is 5.66. The second kappa shape index (κ2) is 6.22. The van der Waals surface area contributed by atoms with Crippen LogP contribution in [0.4, 0.5) is 4.39 Å². The first kappa shape index (κ1) is 15.4. The Morgan fingerprint density at radius 1 is 1.19 bits per heavy atom. The highest BCUT2D eigenvalue weighted by atomic mass is 19.1. The van der Waals surface area contributed by atoms with E-state index in [1.807, 2.05) is 24.3 Å². The van der Waals surface area contributed by atoms with Crippen LogP contribution in [0.25, 0.3) is 0 Å². The minimum atomic E-state index is -0.502. The third-order valence-corrected chi connectivity index (χ3v) is 3.89. The van der Waals surface area contributed by atoms with Crippen LogP contribution in [0.5, 0.6) is 11.6 Å². The Bertz CT molecular complexity index is 609. The van der Waals surface area contributed by atoms with Crippen molar-refractivity contribution in [2.75, 3.05) is 0 Å². The molecule has 0 aliphatic carbocycles. The molecule has 0 aliphatic heterocycles. The smallest absolute Gasteiger partial charge is 0.256 e. The molecule has 2 rings (SSSR count). The normalized spacial score (nSPS) is 11.5. The molecular formula is C17H21FN2O. The van der Waals surface area contributed by atoms with Gasteiger partial charge >= 0.3 is 0 Å². The van der Waals surface area contributed by atoms with Gasteiger partial charge in [0.25, 0.3) is 5.88 Å². The highest BCUT2D eigenvalue weighted by Gasteiger charge is 2.18. The molecule has 21 heavy (non-hydrogen) atoms. The Morgan fingerprint density at radius 3 is 2.43 bits per heavy atom. The Balaban J connectivity index is 2.22. The van der Waals surface area contributed by atoms with E-state index < -0.39 is 5.82 Å². The summed E-state index contributed by atoms with van der Waals surface area (Å²) < 4.78 is 19.5. The molecule has 2 N–H and O–H groups in total. The van der Waals surface area contributed by atoms with E-state index in [1.165, 1.54) is 11.8 Å². The van der Waals surface area contributed by atoms with Gasteiger partial charge in [0.05, 0.1) is 0 Å². The van der Waals surface area contributed by atoms with Gasteiger partial charge in [0.15, 0.2) is 5.82 Å². The van der Waals surface area contributed by atoms with Crippen LogP contribution in [0.2, 0.25) is 0 Å². The van der Waals surface area contributed by atoms with Gasteiger partial charge in [-0.3, -0.25) is 0 Å². The molecule has 2 aromatic rings. The van der Waals surface area contributed by atoms with E-state index in [4.69, 9.17) is 10.5 Å². The van der Waals surface area contributed by atoms with Gasteiger partial charge in [-0.1, -0.05) is 32.9 Å². The van der Waals surface area contributed by atoms with Crippen molar-refractivity contribution in [1.82, 2.24) is 4.98 Å². The molecule has 1 aromatic heterocycles. The van der Waals surface area contributed by atoms with Gasteiger partial charge in [-0.25, -0.2) is 9.37 Å². The Labute approximate surface area is 125 Å². The Kier molecular flexibility index (Phi) is 4.58. The van der Waals surface area contributed by atoms with Crippen molar-refractivity contribution < 1.29 is 9.13 Å². The number of hydrogen-bond acceptors (Lipinski definition) is 3. The predicted octanol–water partition coefficient (Wildman–Crippen LogP) is 4.16. The number of nitrogens with two attached hydrogens (primary N) is 1. The van der Waals surface area contributed by atoms with Crippen molar-refractivity contribution in [2.24, 2.45) is 5.73 Å². The third-order valence-electron chi connectivity index (χ3n) is 3.89. The predicted molar refractivity (Wildman–Crippen MR) is 81.9 cm³/mol. The number of pyridine rings is 1. The van der Waals surface area contributed by atoms with Gasteiger partial charge in [-0.15, -0.1) is 0 Å². The van der Waals surface area contributed by atoms with Crippen molar-refractivity contribution in [3.05, 3.63) is 53.5 Å². The lowest BCUT2D eigenvalue weighted by Crippen LogP contribution is -2.14. The van der Waals surface area contributed by atoms with Crippen LogP contribution in [-0.2, 0) is 12.0 Å². The summed E-state index contributed by atoms with van der Waals surface area (Å²) in [5.41, 5.74) is 7.20. The van der Waals surface area contributed by atoms with E-state index in [9.17, 15) is 4.39 Å². The molecule has 0 saturated carbocycles. The van der Waals surface area contributed by atoms with Crippen LogP contribution < -0.4 is 10.5 Å². The molecule has 0 radical (unpaired) electrons. The van der Waals surface area contributed by atoms with Crippen molar-refractivity contribution in [3.8, 4) is 11.6 Å². The molecule has 0 aliphatic rings. The Morgan fingerprint density at radius 2 is 1.86 bits per heavy atom. The molecule has 0 saturated heterocycles. The fraction of sp³-hybridized carbons (Fsp3) is 0.353. The summed E-state index contributed by atoms with van der Waals surface area (Å²) >= 11 is 0. The number of benzene rings is 1. The van der Waals surface area contributed by atoms with E-state index in [1.54, 1.807) is 6.07 Å². The molecule has 3 nitrogen and oxygen atoms in total. The lowest BCUT2D eigenvalue weighted by atomic mass is 9.82. The lowest BCUT2D eigenvalue weighted by Gasteiger charge is -2.23. The van der Waals surface area contributed by atoms with Crippen LogP contribution in [0.15, 0.2) is 36.5 Å². The van der Waals surface area contributed by atoms with Gasteiger partial charge in [0.1, 0.15) is 5.75 Å². The molecule has 1 aromatic carbocycles. The summed E-state index contributed by atoms with van der Waals surface area (Å²) in [7, 11) is 0. The van der Waals surface area contributed by atoms with Gasteiger partial charge in [0, 0.05) is 18.3 Å². The first-order valence-corrected chi connectivity index (χ1v) is 7.09. The molecule has 1 heterocycles. The topological polar surface area (TPSA) is 48.1 Å². The highest BCUT2D eigenvalue weighted by molar-refractivity contribution is 5.34. The summed E-state index contributed by atoms with van der Waals surface area (Å²) in [6, 6.07) is 9.23. The maximum atomic E-state index is 14.0. The summed E-state index contributed by atoms with van der Waals surface area (Å²) in [5.74, 6) is 0.0182. The van der Waals surface area contributed by atoms with Crippen LogP contribution in [0, 0.1) is 5.82 Å². The SMILES string of the molecule is CCC(C)(C)c1ccc(Oc2nccc(CN)c2F)cc1. The standard InChI is InChI=1S/C17H21FN2O/c1-4-17(2,3)13-5-7-14(8-6-13)21-16-15(18)12(11-19)9-10-20-16/h5-10H,4,11,19H2,1-3H3. The van der Waals surface area contributed by atoms with Crippen LogP contribution in [0.3, 0.4) is 0 Å². The van der Waals surface area contributed by atoms with Crippen LogP contribution in [-0.4, -0.2) is 4.98 Å². The average molecular weight is 288 g/mol. The monoisotopic (exact) mass is 288 g/mol. The highest BCUT2D eigenvalue weighted by Crippen LogP contribution is 2.30. The quantitative estimate of drug-likeness (QED) is 0.898. The molecule has 0 bridgehead atoms. The molecule has 0 fully saturated rings. The molecule has 0 atom stereocenters. The Hall–Kier alpha value is -1.94. The molecule has 4 heteroatoms. The largest absolute Gasteiger partial charge is 0.436 e. The summed E-state index contributed by atoms with van der Waals surface area (Å²) in [6.07, 6.45) is 2.54. The van der Waals surface area contributed by atoms with Gasteiger partial charge < -0.3 is 10.5 Å². The molecule has 0 unspecified atom stereocenters. The zero-order valence-electron chi connectivity index (χ0n) is 12.7. The minimum Gasteiger partial charge on any atom is -0.436 e. The van der Waals surface area contributed by atoms with Gasteiger partial charge in [-0.2, -0.15) is 0 Å². The summed E-state index contributed by atoms with van der Waals surface area (Å²) in [5, 5.41) is 0. The maximum Gasteiger partial charge on any atom is 0.256 e. The van der Waals surface area contributed by atoms with E-state index >= 15 is 0 Å². The number of nitrogens with zero attached hydrogens (tertiary/aromatic N) is 1. The molecular weight excluding hydrogens is 267 g/mol. The zero-order valence-corrected chi connectivity index (χ0v) is 12.7. The minimum absolute atomic E-state index is 0.0412. The van der Waals surface area contributed by atoms with Gasteiger partial charge in [0.2, 0.25) is 0 Å². The summed E-state index contributed by atoms with van der Waals surface area (Å²) in [4.78, 5) is 3.92. The molecule has 112 valence electrons. The van der Waals surface area contributed by atoms with Crippen molar-refractivity contribution in [1.29, 1.82) is 0 Å². The fourth-order valence-corrected chi connectivity index (χ4v) is 1.98. The van der Waals surface area contributed by atoms with E-state index in [2.05, 4.69) is 25.8 Å².